The Balaban J connectivity index is 1.50. The number of aromatic nitrogens is 5. The van der Waals surface area contributed by atoms with Crippen LogP contribution < -0.4 is 9.64 Å². The van der Waals surface area contributed by atoms with E-state index in [0.717, 1.165) is 60.7 Å². The second-order valence-corrected chi connectivity index (χ2v) is 9.34. The molecule has 2 N–H and O–H groups in total. The molecule has 5 rings (SSSR count). The summed E-state index contributed by atoms with van der Waals surface area (Å²) in [7, 11) is 1.65. The van der Waals surface area contributed by atoms with Gasteiger partial charge < -0.3 is 19.7 Å². The molecule has 0 bridgehead atoms. The highest BCUT2D eigenvalue weighted by atomic mass is 16.5. The summed E-state index contributed by atoms with van der Waals surface area (Å²) in [6, 6.07) is 6.66. The van der Waals surface area contributed by atoms with Crippen LogP contribution in [0.4, 0.5) is 5.82 Å². The second kappa shape index (κ2) is 9.23. The highest BCUT2D eigenvalue weighted by molar-refractivity contribution is 5.90. The van der Waals surface area contributed by atoms with E-state index in [2.05, 4.69) is 57.8 Å². The van der Waals surface area contributed by atoms with Gasteiger partial charge in [0.15, 0.2) is 11.4 Å². The minimum atomic E-state index is 0.239. The van der Waals surface area contributed by atoms with Crippen molar-refractivity contribution in [2.45, 2.75) is 39.2 Å². The SMILES string of the molecule is COc1cc(-c2[nH]c3ccc(N4CCN(C(C)CCO)CC4)nc3c2C(C)C)cn2ncnc12. The third-order valence-electron chi connectivity index (χ3n) is 6.90. The first kappa shape index (κ1) is 22.6. The van der Waals surface area contributed by atoms with Gasteiger partial charge >= 0.3 is 0 Å². The number of nitrogens with one attached hydrogen (secondary N) is 1. The van der Waals surface area contributed by atoms with Crippen molar-refractivity contribution in [2.24, 2.45) is 0 Å². The molecule has 4 aromatic rings. The van der Waals surface area contributed by atoms with Gasteiger partial charge in [-0.15, -0.1) is 0 Å². The van der Waals surface area contributed by atoms with E-state index in [1.54, 1.807) is 11.6 Å². The summed E-state index contributed by atoms with van der Waals surface area (Å²) in [6.07, 6.45) is 4.34. The highest BCUT2D eigenvalue weighted by Crippen LogP contribution is 2.37. The van der Waals surface area contributed by atoms with E-state index < -0.39 is 0 Å². The molecule has 4 aromatic heterocycles. The van der Waals surface area contributed by atoms with Gasteiger partial charge in [0.25, 0.3) is 0 Å². The summed E-state index contributed by atoms with van der Waals surface area (Å²) in [5, 5.41) is 13.6. The molecule has 1 fully saturated rings. The number of aliphatic hydroxyl groups is 1. The predicted octanol–water partition coefficient (Wildman–Crippen LogP) is 3.30. The number of aliphatic hydroxyl groups excluding tert-OH is 1. The Morgan fingerprint density at radius 1 is 1.15 bits per heavy atom. The van der Waals surface area contributed by atoms with Gasteiger partial charge in [0.05, 0.1) is 23.8 Å². The summed E-state index contributed by atoms with van der Waals surface area (Å²) in [6.45, 7) is 10.7. The maximum Gasteiger partial charge on any atom is 0.197 e. The van der Waals surface area contributed by atoms with Crippen LogP contribution in [0.15, 0.2) is 30.7 Å². The van der Waals surface area contributed by atoms with Crippen LogP contribution in [-0.4, -0.2) is 80.5 Å². The fraction of sp³-hybridized carbons (Fsp3) is 0.480. The molecule has 0 spiro atoms. The maximum atomic E-state index is 9.26. The molecule has 0 radical (unpaired) electrons. The molecule has 1 aliphatic heterocycles. The standard InChI is InChI=1S/C25H33N7O2/c1-16(2)22-23(18-13-20(34-4)25-26-15-27-32(25)14-18)28-19-5-6-21(29-24(19)22)31-10-8-30(9-11-31)17(3)7-12-33/h5-6,13-17,28,33H,7-12H2,1-4H3. The van der Waals surface area contributed by atoms with Gasteiger partial charge in [-0.3, -0.25) is 4.90 Å². The molecule has 180 valence electrons. The summed E-state index contributed by atoms with van der Waals surface area (Å²) >= 11 is 0. The first-order valence-corrected chi connectivity index (χ1v) is 12.0. The molecule has 1 unspecified atom stereocenters. The predicted molar refractivity (Wildman–Crippen MR) is 134 cm³/mol. The molecule has 0 aliphatic carbocycles. The van der Waals surface area contributed by atoms with Gasteiger partial charge in [0, 0.05) is 56.2 Å². The second-order valence-electron chi connectivity index (χ2n) is 9.34. The number of pyridine rings is 2. The lowest BCUT2D eigenvalue weighted by molar-refractivity contribution is 0.160. The van der Waals surface area contributed by atoms with Crippen molar-refractivity contribution in [3.05, 3.63) is 36.3 Å². The van der Waals surface area contributed by atoms with Gasteiger partial charge in [-0.05, 0) is 37.5 Å². The Morgan fingerprint density at radius 2 is 1.94 bits per heavy atom. The van der Waals surface area contributed by atoms with E-state index in [1.807, 2.05) is 12.3 Å². The average Bonchev–Trinajstić information content (AvgIpc) is 3.48. The van der Waals surface area contributed by atoms with Crippen LogP contribution in [-0.2, 0) is 0 Å². The van der Waals surface area contributed by atoms with E-state index in [4.69, 9.17) is 9.72 Å². The van der Waals surface area contributed by atoms with Crippen LogP contribution >= 0.6 is 0 Å². The minimum absolute atomic E-state index is 0.239. The zero-order valence-electron chi connectivity index (χ0n) is 20.3. The third-order valence-corrected chi connectivity index (χ3v) is 6.90. The molecule has 1 atom stereocenters. The Kier molecular flexibility index (Phi) is 6.14. The lowest BCUT2D eigenvalue weighted by Crippen LogP contribution is -2.50. The number of hydrogen-bond acceptors (Lipinski definition) is 7. The number of H-pyrrole nitrogens is 1. The topological polar surface area (TPSA) is 94.8 Å². The zero-order chi connectivity index (χ0) is 23.8. The number of ether oxygens (including phenoxy) is 1. The molecular weight excluding hydrogens is 430 g/mol. The number of rotatable bonds is 7. The van der Waals surface area contributed by atoms with E-state index in [-0.39, 0.29) is 12.5 Å². The average molecular weight is 464 g/mol. The highest BCUT2D eigenvalue weighted by Gasteiger charge is 2.24. The summed E-state index contributed by atoms with van der Waals surface area (Å²) < 4.78 is 7.33. The Labute approximate surface area is 199 Å². The molecule has 9 heteroatoms. The first-order valence-electron chi connectivity index (χ1n) is 12.0. The normalized spacial score (nSPS) is 16.1. The molecule has 0 saturated carbocycles. The number of hydrogen-bond donors (Lipinski definition) is 2. The third kappa shape index (κ3) is 3.99. The lowest BCUT2D eigenvalue weighted by atomic mass is 9.99. The van der Waals surface area contributed by atoms with Crippen molar-refractivity contribution in [3.8, 4) is 17.0 Å². The van der Waals surface area contributed by atoms with E-state index in [1.165, 1.54) is 11.9 Å². The van der Waals surface area contributed by atoms with Crippen molar-refractivity contribution in [1.29, 1.82) is 0 Å². The zero-order valence-corrected chi connectivity index (χ0v) is 20.3. The Hall–Kier alpha value is -3.17. The number of piperazine rings is 1. The van der Waals surface area contributed by atoms with E-state index in [0.29, 0.717) is 17.4 Å². The van der Waals surface area contributed by atoms with Crippen molar-refractivity contribution in [1.82, 2.24) is 29.5 Å². The quantitative estimate of drug-likeness (QED) is 0.434. The Bertz CT molecular complexity index is 1290. The maximum absolute atomic E-state index is 9.26. The molecule has 1 saturated heterocycles. The molecule has 0 aromatic carbocycles. The monoisotopic (exact) mass is 463 g/mol. The molecule has 9 nitrogen and oxygen atoms in total. The fourth-order valence-electron chi connectivity index (χ4n) is 4.99. The van der Waals surface area contributed by atoms with Gasteiger partial charge in [0.2, 0.25) is 0 Å². The summed E-state index contributed by atoms with van der Waals surface area (Å²) in [5.41, 5.74) is 5.94. The smallest absolute Gasteiger partial charge is 0.197 e. The van der Waals surface area contributed by atoms with Crippen molar-refractivity contribution in [2.75, 3.05) is 44.8 Å². The van der Waals surface area contributed by atoms with Crippen LogP contribution in [0.1, 0.15) is 38.7 Å². The molecule has 5 heterocycles. The van der Waals surface area contributed by atoms with Gasteiger partial charge in [-0.2, -0.15) is 5.10 Å². The van der Waals surface area contributed by atoms with Crippen LogP contribution in [0, 0.1) is 0 Å². The van der Waals surface area contributed by atoms with Gasteiger partial charge in [0.1, 0.15) is 12.1 Å². The lowest BCUT2D eigenvalue weighted by Gasteiger charge is -2.38. The summed E-state index contributed by atoms with van der Waals surface area (Å²) in [5.74, 6) is 1.98. The Morgan fingerprint density at radius 3 is 2.65 bits per heavy atom. The van der Waals surface area contributed by atoms with Crippen LogP contribution in [0.2, 0.25) is 0 Å². The number of nitrogens with zero attached hydrogens (tertiary/aromatic N) is 6. The van der Waals surface area contributed by atoms with Crippen molar-refractivity contribution in [3.63, 3.8) is 0 Å². The molecule has 1 aliphatic rings. The number of anilines is 1. The molecular formula is C25H33N7O2. The van der Waals surface area contributed by atoms with E-state index >= 15 is 0 Å². The number of fused-ring (bicyclic) bond motifs is 2. The van der Waals surface area contributed by atoms with Crippen LogP contribution in [0.5, 0.6) is 5.75 Å². The first-order chi connectivity index (χ1) is 16.5. The van der Waals surface area contributed by atoms with Gasteiger partial charge in [-0.1, -0.05) is 13.8 Å². The largest absolute Gasteiger partial charge is 0.493 e. The van der Waals surface area contributed by atoms with Gasteiger partial charge in [-0.25, -0.2) is 14.5 Å². The summed E-state index contributed by atoms with van der Waals surface area (Å²) in [4.78, 5) is 17.9. The van der Waals surface area contributed by atoms with Crippen LogP contribution in [0.25, 0.3) is 27.9 Å². The van der Waals surface area contributed by atoms with E-state index in [9.17, 15) is 5.11 Å². The van der Waals surface area contributed by atoms with Crippen molar-refractivity contribution < 1.29 is 9.84 Å². The molecule has 0 amide bonds. The fourth-order valence-corrected chi connectivity index (χ4v) is 4.99. The number of methoxy groups -OCH3 is 1. The molecule has 34 heavy (non-hydrogen) atoms. The number of aromatic amines is 1. The van der Waals surface area contributed by atoms with Crippen molar-refractivity contribution >= 4 is 22.5 Å². The van der Waals surface area contributed by atoms with Crippen LogP contribution in [0.3, 0.4) is 0 Å². The minimum Gasteiger partial charge on any atom is -0.493 e.